The molecule has 0 bridgehead atoms. The average Bonchev–Trinajstić information content (AvgIpc) is 3.48. The van der Waals surface area contributed by atoms with Crippen molar-refractivity contribution in [3.05, 3.63) is 72.1 Å². The van der Waals surface area contributed by atoms with Gasteiger partial charge in [0.15, 0.2) is 0 Å². The summed E-state index contributed by atoms with van der Waals surface area (Å²) in [5, 5.41) is 12.3. The molecular formula is C21H10F6N6OS. The Morgan fingerprint density at radius 1 is 0.771 bits per heavy atom. The van der Waals surface area contributed by atoms with Crippen molar-refractivity contribution in [3.63, 3.8) is 0 Å². The standard InChI is InChI=1S/C21H10F6N6OS/c22-20(23,24)13-5-1-11(2-6-13)15-9-16(33-18(30-15)28-10-29-33)35-19-32-31-17(34-19)12-3-7-14(8-4-12)21(25,26)27/h1-10H. The smallest absolute Gasteiger partial charge is 0.411 e. The van der Waals surface area contributed by atoms with Crippen LogP contribution in [0.1, 0.15) is 11.1 Å². The molecule has 0 atom stereocenters. The van der Waals surface area contributed by atoms with Crippen LogP contribution in [0.4, 0.5) is 26.3 Å². The monoisotopic (exact) mass is 508 g/mol. The summed E-state index contributed by atoms with van der Waals surface area (Å²) >= 11 is 0.981. The van der Waals surface area contributed by atoms with Crippen molar-refractivity contribution in [3.8, 4) is 22.7 Å². The molecule has 0 spiro atoms. The van der Waals surface area contributed by atoms with Crippen LogP contribution in [0.3, 0.4) is 0 Å². The molecule has 0 unspecified atom stereocenters. The van der Waals surface area contributed by atoms with Crippen LogP contribution in [0.2, 0.25) is 0 Å². The van der Waals surface area contributed by atoms with E-state index in [9.17, 15) is 26.3 Å². The van der Waals surface area contributed by atoms with Crippen LogP contribution in [0.15, 0.2) is 75.6 Å². The molecule has 0 aliphatic carbocycles. The number of halogens is 6. The van der Waals surface area contributed by atoms with E-state index in [1.807, 2.05) is 0 Å². The minimum absolute atomic E-state index is 0.00748. The van der Waals surface area contributed by atoms with Crippen molar-refractivity contribution in [1.29, 1.82) is 0 Å². The van der Waals surface area contributed by atoms with Crippen molar-refractivity contribution in [2.75, 3.05) is 0 Å². The van der Waals surface area contributed by atoms with E-state index in [1.54, 1.807) is 6.07 Å². The molecular weight excluding hydrogens is 498 g/mol. The van der Waals surface area contributed by atoms with Gasteiger partial charge in [-0.25, -0.2) is 4.98 Å². The van der Waals surface area contributed by atoms with Crippen molar-refractivity contribution in [1.82, 2.24) is 29.8 Å². The van der Waals surface area contributed by atoms with E-state index in [0.717, 1.165) is 36.0 Å². The summed E-state index contributed by atoms with van der Waals surface area (Å²) in [6.45, 7) is 0. The zero-order chi connectivity index (χ0) is 24.8. The second-order valence-corrected chi connectivity index (χ2v) is 8.05. The van der Waals surface area contributed by atoms with E-state index in [1.165, 1.54) is 35.1 Å². The van der Waals surface area contributed by atoms with E-state index in [4.69, 9.17) is 4.42 Å². The second-order valence-electron chi connectivity index (χ2n) is 7.08. The third-order valence-corrected chi connectivity index (χ3v) is 5.62. The van der Waals surface area contributed by atoms with Gasteiger partial charge in [-0.1, -0.05) is 12.1 Å². The third kappa shape index (κ3) is 4.69. The van der Waals surface area contributed by atoms with E-state index in [0.29, 0.717) is 21.8 Å². The molecule has 3 aromatic heterocycles. The van der Waals surface area contributed by atoms with Gasteiger partial charge in [0.2, 0.25) is 5.89 Å². The minimum atomic E-state index is -4.47. The van der Waals surface area contributed by atoms with Gasteiger partial charge in [0.1, 0.15) is 11.4 Å². The molecule has 178 valence electrons. The molecule has 0 saturated carbocycles. The number of aromatic nitrogens is 6. The van der Waals surface area contributed by atoms with Gasteiger partial charge in [0, 0.05) is 11.1 Å². The van der Waals surface area contributed by atoms with Crippen LogP contribution in [-0.4, -0.2) is 29.8 Å². The van der Waals surface area contributed by atoms with Gasteiger partial charge in [0.25, 0.3) is 11.0 Å². The van der Waals surface area contributed by atoms with Crippen LogP contribution >= 0.6 is 11.8 Å². The van der Waals surface area contributed by atoms with Crippen molar-refractivity contribution < 1.29 is 30.8 Å². The topological polar surface area (TPSA) is 82.0 Å². The molecule has 0 aliphatic heterocycles. The Labute approximate surface area is 195 Å². The quantitative estimate of drug-likeness (QED) is 0.217. The summed E-state index contributed by atoms with van der Waals surface area (Å²) in [5.74, 6) is 0.195. The number of nitrogens with zero attached hydrogens (tertiary/aromatic N) is 6. The van der Waals surface area contributed by atoms with Gasteiger partial charge >= 0.3 is 12.4 Å². The molecule has 0 N–H and O–H groups in total. The number of benzene rings is 2. The van der Waals surface area contributed by atoms with Crippen LogP contribution in [0.25, 0.3) is 28.5 Å². The number of fused-ring (bicyclic) bond motifs is 1. The van der Waals surface area contributed by atoms with Crippen molar-refractivity contribution >= 4 is 17.5 Å². The van der Waals surface area contributed by atoms with Gasteiger partial charge in [0.05, 0.1) is 16.8 Å². The highest BCUT2D eigenvalue weighted by Gasteiger charge is 2.31. The lowest BCUT2D eigenvalue weighted by Gasteiger charge is -2.08. The number of alkyl halides is 6. The zero-order valence-corrected chi connectivity index (χ0v) is 17.9. The summed E-state index contributed by atoms with van der Waals surface area (Å²) in [6, 6.07) is 10.3. The van der Waals surface area contributed by atoms with Gasteiger partial charge in [-0.15, -0.1) is 10.2 Å². The third-order valence-electron chi connectivity index (χ3n) is 4.78. The molecule has 2 aromatic carbocycles. The maximum Gasteiger partial charge on any atom is 0.416 e. The maximum atomic E-state index is 12.9. The Morgan fingerprint density at radius 3 is 1.97 bits per heavy atom. The van der Waals surface area contributed by atoms with E-state index >= 15 is 0 Å². The Morgan fingerprint density at radius 2 is 1.37 bits per heavy atom. The first-order chi connectivity index (χ1) is 16.6. The summed E-state index contributed by atoms with van der Waals surface area (Å²) in [7, 11) is 0. The molecule has 7 nitrogen and oxygen atoms in total. The van der Waals surface area contributed by atoms with Gasteiger partial charge in [-0.3, -0.25) is 0 Å². The van der Waals surface area contributed by atoms with Crippen LogP contribution in [0, 0.1) is 0 Å². The molecule has 5 rings (SSSR count). The SMILES string of the molecule is FC(F)(F)c1ccc(-c2cc(Sc3nnc(-c4ccc(C(F)(F)F)cc4)o3)n3ncnc3n2)cc1. The summed E-state index contributed by atoms with van der Waals surface area (Å²) < 4.78 is 83.9. The van der Waals surface area contributed by atoms with Crippen LogP contribution < -0.4 is 0 Å². The van der Waals surface area contributed by atoms with E-state index in [2.05, 4.69) is 25.3 Å². The summed E-state index contributed by atoms with van der Waals surface area (Å²) in [4.78, 5) is 8.35. The lowest BCUT2D eigenvalue weighted by molar-refractivity contribution is -0.138. The Bertz CT molecular complexity index is 1490. The number of rotatable bonds is 4. The fourth-order valence-electron chi connectivity index (χ4n) is 3.09. The summed E-state index contributed by atoms with van der Waals surface area (Å²) in [5.41, 5.74) is -0.550. The Hall–Kier alpha value is -3.94. The maximum absolute atomic E-state index is 12.9. The Balaban J connectivity index is 1.44. The van der Waals surface area contributed by atoms with E-state index < -0.39 is 23.5 Å². The molecule has 5 aromatic rings. The molecule has 35 heavy (non-hydrogen) atoms. The van der Waals surface area contributed by atoms with Crippen molar-refractivity contribution in [2.45, 2.75) is 22.6 Å². The largest absolute Gasteiger partial charge is 0.416 e. The fraction of sp³-hybridized carbons (Fsp3) is 0.0952. The molecule has 0 aliphatic rings. The zero-order valence-electron chi connectivity index (χ0n) is 17.0. The Kier molecular flexibility index (Phi) is 5.46. The highest BCUT2D eigenvalue weighted by atomic mass is 32.2. The minimum Gasteiger partial charge on any atom is -0.411 e. The van der Waals surface area contributed by atoms with Crippen molar-refractivity contribution in [2.24, 2.45) is 0 Å². The summed E-state index contributed by atoms with van der Waals surface area (Å²) in [6.07, 6.45) is -7.68. The molecule has 3 heterocycles. The average molecular weight is 508 g/mol. The van der Waals surface area contributed by atoms with Gasteiger partial charge in [-0.2, -0.15) is 40.9 Å². The van der Waals surface area contributed by atoms with Crippen LogP contribution in [-0.2, 0) is 12.4 Å². The molecule has 0 amide bonds. The fourth-order valence-corrected chi connectivity index (χ4v) is 3.86. The van der Waals surface area contributed by atoms with E-state index in [-0.39, 0.29) is 16.9 Å². The van der Waals surface area contributed by atoms with Gasteiger partial charge < -0.3 is 4.42 Å². The first-order valence-electron chi connectivity index (χ1n) is 9.65. The molecule has 0 radical (unpaired) electrons. The van der Waals surface area contributed by atoms with Crippen LogP contribution in [0.5, 0.6) is 0 Å². The first kappa shape index (κ1) is 22.8. The molecule has 0 fully saturated rings. The predicted octanol–water partition coefficient (Wildman–Crippen LogP) is 6.03. The highest BCUT2D eigenvalue weighted by Crippen LogP contribution is 2.34. The highest BCUT2D eigenvalue weighted by molar-refractivity contribution is 7.99. The normalized spacial score (nSPS) is 12.4. The lowest BCUT2D eigenvalue weighted by Crippen LogP contribution is -2.04. The predicted molar refractivity (Wildman–Crippen MR) is 110 cm³/mol. The first-order valence-corrected chi connectivity index (χ1v) is 10.5. The second kappa shape index (κ2) is 8.37. The van der Waals surface area contributed by atoms with Gasteiger partial charge in [-0.05, 0) is 54.2 Å². The number of hydrogen-bond donors (Lipinski definition) is 0. The molecule has 0 saturated heterocycles. The number of hydrogen-bond acceptors (Lipinski definition) is 7. The lowest BCUT2D eigenvalue weighted by atomic mass is 10.1. The molecule has 14 heteroatoms.